The summed E-state index contributed by atoms with van der Waals surface area (Å²) in [7, 11) is 1.98. The van der Waals surface area contributed by atoms with Gasteiger partial charge in [-0.25, -0.2) is 4.98 Å². The molecule has 0 amide bonds. The second-order valence-electron chi connectivity index (χ2n) is 4.79. The van der Waals surface area contributed by atoms with Gasteiger partial charge in [0.05, 0.1) is 11.7 Å². The Morgan fingerprint density at radius 1 is 1.41 bits per heavy atom. The fourth-order valence-corrected chi connectivity index (χ4v) is 1.55. The Hall–Kier alpha value is -1.69. The number of imidazole rings is 1. The number of nitrogens with zero attached hydrogens (tertiary/aromatic N) is 5. The molecule has 2 aromatic heterocycles. The van der Waals surface area contributed by atoms with Crippen LogP contribution >= 0.6 is 0 Å². The Balaban J connectivity index is 2.01. The SMILES string of the molecule is Cn1ccnc1CCn1cc(C(C)(C)N)nn1. The molecule has 2 rings (SSSR count). The first-order chi connectivity index (χ1) is 7.97. The maximum atomic E-state index is 5.95. The van der Waals surface area contributed by atoms with Gasteiger partial charge in [0.25, 0.3) is 0 Å². The molecular formula is C11H18N6. The molecule has 0 saturated heterocycles. The summed E-state index contributed by atoms with van der Waals surface area (Å²) in [6, 6.07) is 0. The van der Waals surface area contributed by atoms with E-state index in [1.54, 1.807) is 10.9 Å². The number of hydrogen-bond acceptors (Lipinski definition) is 4. The van der Waals surface area contributed by atoms with Crippen molar-refractivity contribution in [3.05, 3.63) is 30.1 Å². The molecule has 0 bridgehead atoms. The second-order valence-corrected chi connectivity index (χ2v) is 4.79. The van der Waals surface area contributed by atoms with Crippen molar-refractivity contribution in [2.24, 2.45) is 12.8 Å². The van der Waals surface area contributed by atoms with Crippen LogP contribution in [0.2, 0.25) is 0 Å². The molecule has 0 spiro atoms. The average molecular weight is 234 g/mol. The summed E-state index contributed by atoms with van der Waals surface area (Å²) in [4.78, 5) is 4.26. The van der Waals surface area contributed by atoms with Gasteiger partial charge in [-0.1, -0.05) is 5.21 Å². The maximum absolute atomic E-state index is 5.95. The van der Waals surface area contributed by atoms with Gasteiger partial charge in [0.2, 0.25) is 0 Å². The van der Waals surface area contributed by atoms with Crippen LogP contribution in [0.5, 0.6) is 0 Å². The summed E-state index contributed by atoms with van der Waals surface area (Å²) >= 11 is 0. The lowest BCUT2D eigenvalue weighted by Crippen LogP contribution is -2.29. The predicted molar refractivity (Wildman–Crippen MR) is 64.1 cm³/mol. The first kappa shape index (κ1) is 11.8. The van der Waals surface area contributed by atoms with Crippen LogP contribution in [-0.2, 0) is 25.6 Å². The van der Waals surface area contributed by atoms with Gasteiger partial charge < -0.3 is 10.3 Å². The monoisotopic (exact) mass is 234 g/mol. The van der Waals surface area contributed by atoms with E-state index in [2.05, 4.69) is 15.3 Å². The van der Waals surface area contributed by atoms with Crippen LogP contribution in [0.15, 0.2) is 18.6 Å². The van der Waals surface area contributed by atoms with Crippen LogP contribution < -0.4 is 5.73 Å². The molecular weight excluding hydrogens is 216 g/mol. The molecule has 0 atom stereocenters. The third-order valence-electron chi connectivity index (χ3n) is 2.68. The summed E-state index contributed by atoms with van der Waals surface area (Å²) in [5.74, 6) is 1.04. The molecule has 2 N–H and O–H groups in total. The molecule has 2 heterocycles. The van der Waals surface area contributed by atoms with E-state index in [0.29, 0.717) is 0 Å². The van der Waals surface area contributed by atoms with Crippen LogP contribution in [-0.4, -0.2) is 24.5 Å². The minimum Gasteiger partial charge on any atom is -0.338 e. The topological polar surface area (TPSA) is 74.5 Å². The number of aromatic nitrogens is 5. The third-order valence-corrected chi connectivity index (χ3v) is 2.68. The lowest BCUT2D eigenvalue weighted by atomic mass is 10.0. The lowest BCUT2D eigenvalue weighted by molar-refractivity contribution is 0.533. The highest BCUT2D eigenvalue weighted by Gasteiger charge is 2.18. The summed E-state index contributed by atoms with van der Waals surface area (Å²) in [5, 5.41) is 8.13. The van der Waals surface area contributed by atoms with E-state index in [1.165, 1.54) is 0 Å². The molecule has 2 aromatic rings. The Bertz CT molecular complexity index is 490. The van der Waals surface area contributed by atoms with E-state index in [1.807, 2.05) is 37.9 Å². The van der Waals surface area contributed by atoms with Crippen molar-refractivity contribution < 1.29 is 0 Å². The Labute approximate surface area is 100 Å². The van der Waals surface area contributed by atoms with Crippen molar-refractivity contribution in [3.8, 4) is 0 Å². The third kappa shape index (κ3) is 2.71. The molecule has 0 radical (unpaired) electrons. The zero-order valence-electron chi connectivity index (χ0n) is 10.5. The van der Waals surface area contributed by atoms with E-state index < -0.39 is 5.54 Å². The van der Waals surface area contributed by atoms with Crippen LogP contribution in [0.25, 0.3) is 0 Å². The average Bonchev–Trinajstić information content (AvgIpc) is 2.82. The fourth-order valence-electron chi connectivity index (χ4n) is 1.55. The Morgan fingerprint density at radius 3 is 2.71 bits per heavy atom. The van der Waals surface area contributed by atoms with E-state index >= 15 is 0 Å². The number of rotatable bonds is 4. The van der Waals surface area contributed by atoms with Crippen LogP contribution in [0.3, 0.4) is 0 Å². The van der Waals surface area contributed by atoms with Crippen LogP contribution in [0.1, 0.15) is 25.4 Å². The van der Waals surface area contributed by atoms with E-state index in [9.17, 15) is 0 Å². The summed E-state index contributed by atoms with van der Waals surface area (Å²) in [5.41, 5.74) is 6.31. The maximum Gasteiger partial charge on any atom is 0.110 e. The zero-order chi connectivity index (χ0) is 12.5. The molecule has 17 heavy (non-hydrogen) atoms. The standard InChI is InChI=1S/C11H18N6/c1-11(2,12)9-8-17(15-14-9)6-4-10-13-5-7-16(10)3/h5,7-8H,4,6,12H2,1-3H3. The van der Waals surface area contributed by atoms with Gasteiger partial charge in [-0.15, -0.1) is 5.10 Å². The predicted octanol–water partition coefficient (Wildman–Crippen LogP) is 0.448. The van der Waals surface area contributed by atoms with Crippen molar-refractivity contribution in [2.75, 3.05) is 0 Å². The summed E-state index contributed by atoms with van der Waals surface area (Å²) < 4.78 is 3.81. The van der Waals surface area contributed by atoms with Gasteiger partial charge in [0.15, 0.2) is 0 Å². The van der Waals surface area contributed by atoms with Crippen LogP contribution in [0, 0.1) is 0 Å². The van der Waals surface area contributed by atoms with E-state index in [4.69, 9.17) is 5.73 Å². The minimum absolute atomic E-state index is 0.443. The Kier molecular flexibility index (Phi) is 2.97. The van der Waals surface area contributed by atoms with Crippen molar-refractivity contribution in [2.45, 2.75) is 32.4 Å². The van der Waals surface area contributed by atoms with Gasteiger partial charge in [-0.2, -0.15) is 0 Å². The normalized spacial score (nSPS) is 12.0. The first-order valence-corrected chi connectivity index (χ1v) is 5.62. The van der Waals surface area contributed by atoms with E-state index in [-0.39, 0.29) is 0 Å². The molecule has 92 valence electrons. The number of nitrogens with two attached hydrogens (primary N) is 1. The van der Waals surface area contributed by atoms with E-state index in [0.717, 1.165) is 24.5 Å². The molecule has 0 unspecified atom stereocenters. The molecule has 0 fully saturated rings. The van der Waals surface area contributed by atoms with Crippen molar-refractivity contribution in [3.63, 3.8) is 0 Å². The molecule has 0 aliphatic rings. The summed E-state index contributed by atoms with van der Waals surface area (Å²) in [6.45, 7) is 4.59. The van der Waals surface area contributed by atoms with Gasteiger partial charge >= 0.3 is 0 Å². The molecule has 6 heteroatoms. The van der Waals surface area contributed by atoms with Crippen molar-refractivity contribution >= 4 is 0 Å². The Morgan fingerprint density at radius 2 is 2.18 bits per heavy atom. The lowest BCUT2D eigenvalue weighted by Gasteiger charge is -2.13. The highest BCUT2D eigenvalue weighted by atomic mass is 15.4. The highest BCUT2D eigenvalue weighted by Crippen LogP contribution is 2.12. The van der Waals surface area contributed by atoms with Crippen molar-refractivity contribution in [1.29, 1.82) is 0 Å². The smallest absolute Gasteiger partial charge is 0.110 e. The summed E-state index contributed by atoms with van der Waals surface area (Å²) in [6.07, 6.45) is 6.45. The molecule has 0 aromatic carbocycles. The first-order valence-electron chi connectivity index (χ1n) is 5.62. The quantitative estimate of drug-likeness (QED) is 0.833. The van der Waals surface area contributed by atoms with Crippen molar-refractivity contribution in [1.82, 2.24) is 24.5 Å². The minimum atomic E-state index is -0.443. The second kappa shape index (κ2) is 4.29. The van der Waals surface area contributed by atoms with Gasteiger partial charge in [0, 0.05) is 32.4 Å². The van der Waals surface area contributed by atoms with Crippen LogP contribution in [0.4, 0.5) is 0 Å². The molecule has 6 nitrogen and oxygen atoms in total. The number of aryl methyl sites for hydroxylation is 3. The fraction of sp³-hybridized carbons (Fsp3) is 0.545. The molecule has 0 saturated carbocycles. The van der Waals surface area contributed by atoms with Gasteiger partial charge in [-0.05, 0) is 13.8 Å². The molecule has 0 aliphatic carbocycles. The number of hydrogen-bond donors (Lipinski definition) is 1. The largest absolute Gasteiger partial charge is 0.338 e. The molecule has 0 aliphatic heterocycles. The highest BCUT2D eigenvalue weighted by molar-refractivity contribution is 5.05. The zero-order valence-corrected chi connectivity index (χ0v) is 10.5. The van der Waals surface area contributed by atoms with Gasteiger partial charge in [0.1, 0.15) is 11.5 Å². The van der Waals surface area contributed by atoms with Gasteiger partial charge in [-0.3, -0.25) is 4.68 Å².